The Kier molecular flexibility index (Phi) is 2.83. The third kappa shape index (κ3) is 2.35. The van der Waals surface area contributed by atoms with Gasteiger partial charge >= 0.3 is 6.18 Å². The van der Waals surface area contributed by atoms with Gasteiger partial charge in [0.1, 0.15) is 0 Å². The van der Waals surface area contributed by atoms with Crippen molar-refractivity contribution in [3.05, 3.63) is 34.3 Å². The predicted molar refractivity (Wildman–Crippen MR) is 42.4 cm³/mol. The smallest absolute Gasteiger partial charge is 0.392 e. The summed E-state index contributed by atoms with van der Waals surface area (Å²) in [5.74, 6) is 0. The van der Waals surface area contributed by atoms with Crippen LogP contribution in [0.3, 0.4) is 0 Å². The molecular weight excluding hydrogens is 205 g/mol. The molecule has 1 aromatic carbocycles. The van der Waals surface area contributed by atoms with E-state index < -0.39 is 18.3 Å². The average molecular weight is 211 g/mol. The zero-order chi connectivity index (χ0) is 10.1. The monoisotopic (exact) mass is 210 g/mol. The molecule has 1 nitrogen and oxygen atoms in total. The minimum atomic E-state index is -4.39. The molecule has 0 amide bonds. The van der Waals surface area contributed by atoms with Crippen molar-refractivity contribution in [1.29, 1.82) is 0 Å². The summed E-state index contributed by atoms with van der Waals surface area (Å²) >= 11 is 5.52. The van der Waals surface area contributed by atoms with Crippen molar-refractivity contribution in [3.8, 4) is 0 Å². The number of halogens is 4. The fraction of sp³-hybridized carbons (Fsp3) is 0.250. The summed E-state index contributed by atoms with van der Waals surface area (Å²) in [5.41, 5.74) is -0.725. The van der Waals surface area contributed by atoms with E-state index >= 15 is 0 Å². The first kappa shape index (κ1) is 10.3. The van der Waals surface area contributed by atoms with E-state index in [1.54, 1.807) is 0 Å². The maximum atomic E-state index is 12.1. The highest BCUT2D eigenvalue weighted by molar-refractivity contribution is 6.31. The zero-order valence-electron chi connectivity index (χ0n) is 6.40. The van der Waals surface area contributed by atoms with Gasteiger partial charge in [-0.25, -0.2) is 0 Å². The molecule has 0 aliphatic heterocycles. The highest BCUT2D eigenvalue weighted by Crippen LogP contribution is 2.31. The molecule has 1 aromatic rings. The highest BCUT2D eigenvalue weighted by Gasteiger charge is 2.30. The van der Waals surface area contributed by atoms with Gasteiger partial charge in [-0.3, -0.25) is 0 Å². The Balaban J connectivity index is 3.14. The molecule has 13 heavy (non-hydrogen) atoms. The van der Waals surface area contributed by atoms with Gasteiger partial charge in [-0.15, -0.1) is 0 Å². The minimum Gasteiger partial charge on any atom is -0.392 e. The molecule has 0 aromatic heterocycles. The molecule has 0 fully saturated rings. The maximum Gasteiger partial charge on any atom is 0.416 e. The molecule has 0 saturated heterocycles. The molecule has 0 bridgehead atoms. The van der Waals surface area contributed by atoms with E-state index in [9.17, 15) is 13.2 Å². The number of hydrogen-bond donors (Lipinski definition) is 1. The van der Waals surface area contributed by atoms with Crippen LogP contribution in [-0.4, -0.2) is 5.11 Å². The van der Waals surface area contributed by atoms with Crippen LogP contribution >= 0.6 is 11.6 Å². The topological polar surface area (TPSA) is 20.2 Å². The van der Waals surface area contributed by atoms with Crippen molar-refractivity contribution in [2.24, 2.45) is 0 Å². The molecule has 1 rings (SSSR count). The molecule has 5 heteroatoms. The fourth-order valence-corrected chi connectivity index (χ4v) is 1.05. The van der Waals surface area contributed by atoms with Crippen LogP contribution in [-0.2, 0) is 12.8 Å². The summed E-state index contributed by atoms with van der Waals surface area (Å²) in [4.78, 5) is 0. The summed E-state index contributed by atoms with van der Waals surface area (Å²) in [6.07, 6.45) is -4.39. The number of alkyl halides is 3. The quantitative estimate of drug-likeness (QED) is 0.756. The number of benzene rings is 1. The molecular formula is C8H6ClF3O. The van der Waals surface area contributed by atoms with E-state index in [-0.39, 0.29) is 10.6 Å². The molecule has 0 aliphatic rings. The lowest BCUT2D eigenvalue weighted by atomic mass is 10.1. The van der Waals surface area contributed by atoms with E-state index in [1.807, 2.05) is 0 Å². The molecule has 0 saturated carbocycles. The third-order valence-corrected chi connectivity index (χ3v) is 1.91. The summed E-state index contributed by atoms with van der Waals surface area (Å²) < 4.78 is 36.3. The van der Waals surface area contributed by atoms with Crippen molar-refractivity contribution < 1.29 is 18.3 Å². The lowest BCUT2D eigenvalue weighted by Crippen LogP contribution is -2.05. The van der Waals surface area contributed by atoms with Gasteiger partial charge < -0.3 is 5.11 Å². The lowest BCUT2D eigenvalue weighted by Gasteiger charge is -2.08. The summed E-state index contributed by atoms with van der Waals surface area (Å²) in [7, 11) is 0. The van der Waals surface area contributed by atoms with Crippen molar-refractivity contribution >= 4 is 11.6 Å². The van der Waals surface area contributed by atoms with Crippen LogP contribution in [0.1, 0.15) is 11.1 Å². The Morgan fingerprint density at radius 2 is 1.92 bits per heavy atom. The van der Waals surface area contributed by atoms with E-state index in [0.717, 1.165) is 18.2 Å². The fourth-order valence-electron chi connectivity index (χ4n) is 0.872. The van der Waals surface area contributed by atoms with Gasteiger partial charge in [0.25, 0.3) is 0 Å². The van der Waals surface area contributed by atoms with Crippen LogP contribution in [0, 0.1) is 0 Å². The van der Waals surface area contributed by atoms with Gasteiger partial charge in [-0.2, -0.15) is 13.2 Å². The number of aliphatic hydroxyl groups excluding tert-OH is 1. The van der Waals surface area contributed by atoms with Gasteiger partial charge in [-0.1, -0.05) is 11.6 Å². The van der Waals surface area contributed by atoms with Crippen molar-refractivity contribution in [2.75, 3.05) is 0 Å². The van der Waals surface area contributed by atoms with Crippen LogP contribution in [0.2, 0.25) is 5.02 Å². The van der Waals surface area contributed by atoms with E-state index in [4.69, 9.17) is 16.7 Å². The second kappa shape index (κ2) is 3.55. The average Bonchev–Trinajstić information content (AvgIpc) is 2.03. The summed E-state index contributed by atoms with van der Waals surface area (Å²) in [5, 5.41) is 8.79. The molecule has 0 atom stereocenters. The standard InChI is InChI=1S/C8H6ClF3O/c9-7-2-1-6(8(10,11)12)3-5(7)4-13/h1-3,13H,4H2. The summed E-state index contributed by atoms with van der Waals surface area (Å²) in [6, 6.07) is 2.83. The zero-order valence-corrected chi connectivity index (χ0v) is 7.15. The van der Waals surface area contributed by atoms with Gasteiger partial charge in [0.15, 0.2) is 0 Å². The minimum absolute atomic E-state index is 0.0801. The number of rotatable bonds is 1. The van der Waals surface area contributed by atoms with Crippen LogP contribution in [0.5, 0.6) is 0 Å². The molecule has 0 aliphatic carbocycles. The lowest BCUT2D eigenvalue weighted by molar-refractivity contribution is -0.137. The van der Waals surface area contributed by atoms with Crippen LogP contribution in [0.4, 0.5) is 13.2 Å². The second-order valence-corrected chi connectivity index (χ2v) is 2.87. The Bertz CT molecular complexity index is 309. The van der Waals surface area contributed by atoms with Crippen molar-refractivity contribution in [2.45, 2.75) is 12.8 Å². The van der Waals surface area contributed by atoms with E-state index in [1.165, 1.54) is 0 Å². The van der Waals surface area contributed by atoms with Crippen LogP contribution < -0.4 is 0 Å². The Hall–Kier alpha value is -0.740. The predicted octanol–water partition coefficient (Wildman–Crippen LogP) is 2.85. The Labute approximate surface area is 77.8 Å². The normalized spacial score (nSPS) is 11.8. The van der Waals surface area contributed by atoms with E-state index in [2.05, 4.69) is 0 Å². The van der Waals surface area contributed by atoms with Gasteiger partial charge in [0, 0.05) is 5.02 Å². The molecule has 0 radical (unpaired) electrons. The second-order valence-electron chi connectivity index (χ2n) is 2.46. The van der Waals surface area contributed by atoms with E-state index in [0.29, 0.717) is 0 Å². The maximum absolute atomic E-state index is 12.1. The SMILES string of the molecule is OCc1cc(C(F)(F)F)ccc1Cl. The Morgan fingerprint density at radius 3 is 2.38 bits per heavy atom. The third-order valence-electron chi connectivity index (χ3n) is 1.54. The van der Waals surface area contributed by atoms with Crippen molar-refractivity contribution in [1.82, 2.24) is 0 Å². The molecule has 0 unspecified atom stereocenters. The first-order chi connectivity index (χ1) is 5.95. The van der Waals surface area contributed by atoms with Gasteiger partial charge in [0.2, 0.25) is 0 Å². The largest absolute Gasteiger partial charge is 0.416 e. The summed E-state index contributed by atoms with van der Waals surface area (Å²) in [6.45, 7) is -0.497. The molecule has 0 spiro atoms. The van der Waals surface area contributed by atoms with Crippen LogP contribution in [0.15, 0.2) is 18.2 Å². The molecule has 0 heterocycles. The molecule has 72 valence electrons. The van der Waals surface area contributed by atoms with Crippen molar-refractivity contribution in [3.63, 3.8) is 0 Å². The van der Waals surface area contributed by atoms with Gasteiger partial charge in [0.05, 0.1) is 12.2 Å². The van der Waals surface area contributed by atoms with Gasteiger partial charge in [-0.05, 0) is 23.8 Å². The highest BCUT2D eigenvalue weighted by atomic mass is 35.5. The number of aliphatic hydroxyl groups is 1. The molecule has 1 N–H and O–H groups in total. The Morgan fingerprint density at radius 1 is 1.31 bits per heavy atom. The first-order valence-corrected chi connectivity index (χ1v) is 3.79. The number of hydrogen-bond acceptors (Lipinski definition) is 1. The first-order valence-electron chi connectivity index (χ1n) is 3.41. The van der Waals surface area contributed by atoms with Crippen LogP contribution in [0.25, 0.3) is 0 Å².